The number of para-hydroxylation sites is 2. The van der Waals surface area contributed by atoms with Crippen LogP contribution in [0.3, 0.4) is 0 Å². The van der Waals surface area contributed by atoms with Crippen LogP contribution in [0.25, 0.3) is 11.3 Å². The second-order valence-electron chi connectivity index (χ2n) is 16.7. The first-order chi connectivity index (χ1) is 28.4. The van der Waals surface area contributed by atoms with Crippen molar-refractivity contribution in [2.45, 2.75) is 81.5 Å². The van der Waals surface area contributed by atoms with E-state index in [0.717, 1.165) is 112 Å². The molecule has 5 fully saturated rings. The summed E-state index contributed by atoms with van der Waals surface area (Å²) in [6.07, 6.45) is 9.33. The van der Waals surface area contributed by atoms with Crippen molar-refractivity contribution in [2.24, 2.45) is 0 Å². The van der Waals surface area contributed by atoms with Gasteiger partial charge in [0.25, 0.3) is 0 Å². The first kappa shape index (κ1) is 36.6. The molecule has 5 saturated heterocycles. The molecule has 4 N–H and O–H groups in total. The molecule has 0 aliphatic carbocycles. The monoisotopic (exact) mass is 785 g/mol. The lowest BCUT2D eigenvalue weighted by atomic mass is 9.91. The van der Waals surface area contributed by atoms with Gasteiger partial charge in [-0.15, -0.1) is 10.2 Å². The van der Waals surface area contributed by atoms with Crippen LogP contribution in [0, 0.1) is 0 Å². The van der Waals surface area contributed by atoms with Crippen molar-refractivity contribution in [1.82, 2.24) is 30.4 Å². The van der Waals surface area contributed by atoms with Gasteiger partial charge in [-0.25, -0.2) is 9.97 Å². The van der Waals surface area contributed by atoms with E-state index in [1.165, 1.54) is 0 Å². The number of likely N-dealkylation sites (tertiary alicyclic amines) is 1. The van der Waals surface area contributed by atoms with Crippen molar-refractivity contribution in [3.63, 3.8) is 0 Å². The zero-order valence-electron chi connectivity index (χ0n) is 32.7. The Balaban J connectivity index is 0.753. The number of piperazine rings is 1. The molecule has 3 atom stereocenters. The molecule has 8 heterocycles. The molecule has 6 aliphatic rings. The van der Waals surface area contributed by atoms with Crippen molar-refractivity contribution < 1.29 is 19.4 Å². The van der Waals surface area contributed by atoms with Gasteiger partial charge in [-0.1, -0.05) is 18.2 Å². The number of aromatic hydroxyl groups is 1. The van der Waals surface area contributed by atoms with Crippen LogP contribution in [0.4, 0.5) is 28.8 Å². The Bertz CT molecular complexity index is 2180. The Kier molecular flexibility index (Phi) is 9.62. The summed E-state index contributed by atoms with van der Waals surface area (Å²) in [6.45, 7) is 6.76. The summed E-state index contributed by atoms with van der Waals surface area (Å²) in [5.41, 5.74) is 11.7. The number of nitrogen functional groups attached to an aromatic ring is 1. The molecule has 10 rings (SSSR count). The maximum absolute atomic E-state index is 12.8. The zero-order valence-corrected chi connectivity index (χ0v) is 32.7. The minimum absolute atomic E-state index is 0.169. The van der Waals surface area contributed by atoms with Gasteiger partial charge in [-0.2, -0.15) is 0 Å². The maximum atomic E-state index is 12.8. The average Bonchev–Trinajstić information content (AvgIpc) is 3.52. The van der Waals surface area contributed by atoms with E-state index in [1.54, 1.807) is 12.1 Å². The molecular formula is C43H51N11O4. The summed E-state index contributed by atoms with van der Waals surface area (Å²) in [7, 11) is 0. The van der Waals surface area contributed by atoms with E-state index in [-0.39, 0.29) is 35.7 Å². The SMILES string of the molecule is Nc1nnc(-c2ccccc2O)cc1N1C[C@H]2CC[C@@H](C1)N2c1nccc(C2CCN(C3CCN(c4cccc5c4OCCN5[C@@H]4CCC(=O)NC4=O)CC3)CC2)n1. The Hall–Kier alpha value is -5.70. The summed E-state index contributed by atoms with van der Waals surface area (Å²) in [6, 6.07) is 18.2. The van der Waals surface area contributed by atoms with Crippen molar-refractivity contribution in [1.29, 1.82) is 0 Å². The molecule has 15 nitrogen and oxygen atoms in total. The largest absolute Gasteiger partial charge is 0.507 e. The Morgan fingerprint density at radius 1 is 0.776 bits per heavy atom. The van der Waals surface area contributed by atoms with Crippen molar-refractivity contribution in [3.05, 3.63) is 66.5 Å². The molecule has 2 aromatic heterocycles. The molecule has 0 unspecified atom stereocenters. The van der Waals surface area contributed by atoms with Gasteiger partial charge >= 0.3 is 0 Å². The third-order valence-corrected chi connectivity index (χ3v) is 13.4. The number of anilines is 5. The van der Waals surface area contributed by atoms with Crippen molar-refractivity contribution in [2.75, 3.05) is 77.8 Å². The first-order valence-electron chi connectivity index (χ1n) is 21.0. The van der Waals surface area contributed by atoms with Gasteiger partial charge in [-0.05, 0) is 94.4 Å². The van der Waals surface area contributed by atoms with Crippen LogP contribution in [0.15, 0.2) is 60.8 Å². The van der Waals surface area contributed by atoms with E-state index in [2.05, 4.69) is 58.2 Å². The topological polar surface area (TPSA) is 169 Å². The lowest BCUT2D eigenvalue weighted by Crippen LogP contribution is -2.54. The molecule has 0 saturated carbocycles. The van der Waals surface area contributed by atoms with Crippen molar-refractivity contribution >= 4 is 40.6 Å². The molecule has 2 aromatic carbocycles. The Morgan fingerprint density at radius 3 is 2.33 bits per heavy atom. The summed E-state index contributed by atoms with van der Waals surface area (Å²) in [5, 5.41) is 21.5. The molecule has 0 radical (unpaired) electrons. The van der Waals surface area contributed by atoms with Crippen LogP contribution < -0.4 is 35.4 Å². The minimum Gasteiger partial charge on any atom is -0.507 e. The van der Waals surface area contributed by atoms with Gasteiger partial charge in [0.1, 0.15) is 18.4 Å². The number of nitrogens with one attached hydrogen (secondary N) is 1. The fourth-order valence-electron chi connectivity index (χ4n) is 10.4. The van der Waals surface area contributed by atoms with Crippen molar-refractivity contribution in [3.8, 4) is 22.8 Å². The maximum Gasteiger partial charge on any atom is 0.249 e. The van der Waals surface area contributed by atoms with E-state index in [0.29, 0.717) is 55.0 Å². The molecular weight excluding hydrogens is 735 g/mol. The fraction of sp³-hybridized carbons (Fsp3) is 0.488. The number of rotatable bonds is 7. The third kappa shape index (κ3) is 6.78. The molecule has 302 valence electrons. The van der Waals surface area contributed by atoms with E-state index < -0.39 is 0 Å². The number of phenols is 1. The number of nitrogens with two attached hydrogens (primary N) is 1. The van der Waals surface area contributed by atoms with Gasteiger partial charge in [-0.3, -0.25) is 14.9 Å². The number of nitrogens with zero attached hydrogens (tertiary/aromatic N) is 9. The van der Waals surface area contributed by atoms with Crippen LogP contribution in [-0.4, -0.2) is 119 Å². The highest BCUT2D eigenvalue weighted by molar-refractivity contribution is 6.02. The molecule has 15 heteroatoms. The number of phenolic OH excluding ortho intramolecular Hbond substituents is 1. The number of fused-ring (bicyclic) bond motifs is 3. The lowest BCUT2D eigenvalue weighted by molar-refractivity contribution is -0.134. The standard InChI is InChI=1S/C43H51N11O4/c44-41-37(24-33(48-49-41)31-4-1-2-7-38(31)55)52-25-29-8-9-30(26-52)54(29)43-45-17-12-32(46-43)27-13-18-50(19-14-27)28-15-20-51(21-16-28)34-5-3-6-35-40(34)58-23-22-53(35)36-10-11-39(56)47-42(36)57/h1-7,12,17,24,27-30,36,55H,8-11,13-16,18-23,25-26H2,(H2,44,49)(H,47,56,57)/t29-,30+,36-/m1/s1. The number of hydrogen-bond donors (Lipinski definition) is 3. The summed E-state index contributed by atoms with van der Waals surface area (Å²) in [4.78, 5) is 46.7. The number of piperidine rings is 3. The number of amides is 2. The highest BCUT2D eigenvalue weighted by Gasteiger charge is 2.43. The number of benzene rings is 2. The predicted molar refractivity (Wildman–Crippen MR) is 221 cm³/mol. The third-order valence-electron chi connectivity index (χ3n) is 13.4. The van der Waals surface area contributed by atoms with Crippen LogP contribution >= 0.6 is 0 Å². The molecule has 6 aliphatic heterocycles. The summed E-state index contributed by atoms with van der Waals surface area (Å²) < 4.78 is 6.27. The number of carbonyl (C=O) groups is 2. The molecule has 0 spiro atoms. The van der Waals surface area contributed by atoms with E-state index in [4.69, 9.17) is 20.4 Å². The quantitative estimate of drug-likeness (QED) is 0.231. The van der Waals surface area contributed by atoms with E-state index in [1.807, 2.05) is 30.5 Å². The van der Waals surface area contributed by atoms with Gasteiger partial charge in [0.2, 0.25) is 17.8 Å². The Labute approximate surface area is 338 Å². The number of carbonyl (C=O) groups excluding carboxylic acids is 2. The summed E-state index contributed by atoms with van der Waals surface area (Å²) in [5.74, 6) is 2.26. The van der Waals surface area contributed by atoms with Gasteiger partial charge < -0.3 is 40.1 Å². The minimum atomic E-state index is -0.354. The number of imide groups is 1. The van der Waals surface area contributed by atoms with E-state index >= 15 is 0 Å². The van der Waals surface area contributed by atoms with Crippen LogP contribution in [-0.2, 0) is 9.59 Å². The van der Waals surface area contributed by atoms with Gasteiger partial charge in [0.05, 0.1) is 29.3 Å². The second kappa shape index (κ2) is 15.2. The molecule has 4 aromatic rings. The second-order valence-corrected chi connectivity index (χ2v) is 16.7. The van der Waals surface area contributed by atoms with E-state index in [9.17, 15) is 14.7 Å². The van der Waals surface area contributed by atoms with Gasteiger partial charge in [0.15, 0.2) is 11.6 Å². The number of aromatic nitrogens is 4. The fourth-order valence-corrected chi connectivity index (χ4v) is 10.4. The molecule has 58 heavy (non-hydrogen) atoms. The number of hydrogen-bond acceptors (Lipinski definition) is 14. The van der Waals surface area contributed by atoms with Crippen LogP contribution in [0.5, 0.6) is 11.5 Å². The lowest BCUT2D eigenvalue weighted by Gasteiger charge is -2.44. The van der Waals surface area contributed by atoms with Crippen LogP contribution in [0.1, 0.15) is 63.0 Å². The summed E-state index contributed by atoms with van der Waals surface area (Å²) >= 11 is 0. The average molecular weight is 786 g/mol. The molecule has 2 bridgehead atoms. The zero-order chi connectivity index (χ0) is 39.3. The normalized spacial score (nSPS) is 24.4. The first-order valence-corrected chi connectivity index (χ1v) is 21.0. The van der Waals surface area contributed by atoms with Gasteiger partial charge in [0, 0.05) is 74.1 Å². The molecule has 2 amide bonds. The predicted octanol–water partition coefficient (Wildman–Crippen LogP) is 3.93. The van der Waals surface area contributed by atoms with Crippen LogP contribution in [0.2, 0.25) is 0 Å². The highest BCUT2D eigenvalue weighted by atomic mass is 16.5. The smallest absolute Gasteiger partial charge is 0.249 e. The Morgan fingerprint density at radius 2 is 1.55 bits per heavy atom. The highest BCUT2D eigenvalue weighted by Crippen LogP contribution is 2.44. The number of ether oxygens (including phenoxy) is 1.